The molecule has 24 heavy (non-hydrogen) atoms. The Bertz CT molecular complexity index is 677. The van der Waals surface area contributed by atoms with Crippen molar-refractivity contribution >= 4 is 5.91 Å². The summed E-state index contributed by atoms with van der Waals surface area (Å²) in [6.45, 7) is 8.73. The molecule has 0 aliphatic heterocycles. The first-order valence-electron chi connectivity index (χ1n) is 8.04. The van der Waals surface area contributed by atoms with E-state index in [-0.39, 0.29) is 12.0 Å². The summed E-state index contributed by atoms with van der Waals surface area (Å²) in [4.78, 5) is 12.3. The van der Waals surface area contributed by atoms with Crippen molar-refractivity contribution in [1.29, 1.82) is 0 Å². The van der Waals surface area contributed by atoms with Crippen LogP contribution in [0.15, 0.2) is 10.6 Å². The number of hydrogen-bond acceptors (Lipinski definition) is 6. The number of amides is 1. The molecule has 0 saturated heterocycles. The van der Waals surface area contributed by atoms with E-state index in [1.54, 1.807) is 18.7 Å². The number of carbonyl (C=O) groups is 1. The van der Waals surface area contributed by atoms with Crippen LogP contribution in [0.25, 0.3) is 0 Å². The van der Waals surface area contributed by atoms with Gasteiger partial charge in [-0.15, -0.1) is 5.10 Å². The summed E-state index contributed by atoms with van der Waals surface area (Å²) >= 11 is 0. The van der Waals surface area contributed by atoms with Crippen LogP contribution in [0.4, 0.5) is 0 Å². The Morgan fingerprint density at radius 2 is 2.17 bits per heavy atom. The van der Waals surface area contributed by atoms with Gasteiger partial charge in [-0.05, 0) is 26.2 Å². The van der Waals surface area contributed by atoms with Gasteiger partial charge in [0.1, 0.15) is 6.54 Å². The predicted octanol–water partition coefficient (Wildman–Crippen LogP) is 1.72. The lowest BCUT2D eigenvalue weighted by atomic mass is 10.1. The van der Waals surface area contributed by atoms with Crippen LogP contribution in [0.2, 0.25) is 0 Å². The maximum atomic E-state index is 12.3. The van der Waals surface area contributed by atoms with Crippen molar-refractivity contribution in [2.24, 2.45) is 5.92 Å². The molecule has 0 spiro atoms. The highest BCUT2D eigenvalue weighted by atomic mass is 16.5. The zero-order chi connectivity index (χ0) is 17.7. The molecule has 1 amide bonds. The smallest absolute Gasteiger partial charge is 0.273 e. The second-order valence-corrected chi connectivity index (χ2v) is 6.31. The number of aryl methyl sites for hydroxylation is 1. The molecule has 0 radical (unpaired) electrons. The molecule has 8 nitrogen and oxygen atoms in total. The Morgan fingerprint density at radius 1 is 1.42 bits per heavy atom. The fourth-order valence-electron chi connectivity index (χ4n) is 2.44. The molecule has 2 aromatic rings. The van der Waals surface area contributed by atoms with Gasteiger partial charge in [-0.25, -0.2) is 4.68 Å². The first kappa shape index (κ1) is 18.1. The van der Waals surface area contributed by atoms with Gasteiger partial charge in [0, 0.05) is 19.7 Å². The van der Waals surface area contributed by atoms with Gasteiger partial charge in [0.05, 0.1) is 17.5 Å². The van der Waals surface area contributed by atoms with Gasteiger partial charge in [0.15, 0.2) is 11.5 Å². The summed E-state index contributed by atoms with van der Waals surface area (Å²) < 4.78 is 12.2. The van der Waals surface area contributed by atoms with Crippen molar-refractivity contribution in [2.75, 3.05) is 13.7 Å². The maximum Gasteiger partial charge on any atom is 0.273 e. The van der Waals surface area contributed by atoms with E-state index in [1.165, 1.54) is 0 Å². The monoisotopic (exact) mass is 335 g/mol. The van der Waals surface area contributed by atoms with Crippen LogP contribution in [-0.2, 0) is 11.3 Å². The lowest BCUT2D eigenvalue weighted by Gasteiger charge is -2.17. The first-order valence-corrected chi connectivity index (χ1v) is 8.04. The molecular formula is C16H25N5O3. The van der Waals surface area contributed by atoms with Crippen LogP contribution in [-0.4, -0.2) is 45.8 Å². The number of carbonyl (C=O) groups excluding carboxylic acids is 1. The summed E-state index contributed by atoms with van der Waals surface area (Å²) in [6.07, 6.45) is 0.870. The van der Waals surface area contributed by atoms with Crippen molar-refractivity contribution in [3.63, 3.8) is 0 Å². The molecule has 0 bridgehead atoms. The number of hydrogen-bond donors (Lipinski definition) is 1. The van der Waals surface area contributed by atoms with Crippen LogP contribution < -0.4 is 5.32 Å². The van der Waals surface area contributed by atoms with Crippen molar-refractivity contribution < 1.29 is 14.1 Å². The Morgan fingerprint density at radius 3 is 2.75 bits per heavy atom. The number of ether oxygens (including phenoxy) is 1. The highest BCUT2D eigenvalue weighted by molar-refractivity contribution is 5.93. The van der Waals surface area contributed by atoms with Gasteiger partial charge < -0.3 is 14.6 Å². The summed E-state index contributed by atoms with van der Waals surface area (Å²) in [7, 11) is 1.65. The van der Waals surface area contributed by atoms with Crippen molar-refractivity contribution in [1.82, 2.24) is 25.5 Å². The van der Waals surface area contributed by atoms with E-state index < -0.39 is 0 Å². The summed E-state index contributed by atoms with van der Waals surface area (Å²) in [5.41, 5.74) is 1.79. The van der Waals surface area contributed by atoms with Gasteiger partial charge >= 0.3 is 0 Å². The van der Waals surface area contributed by atoms with Gasteiger partial charge in [0.25, 0.3) is 5.91 Å². The van der Waals surface area contributed by atoms with Crippen LogP contribution in [0.1, 0.15) is 47.9 Å². The molecule has 0 fully saturated rings. The minimum absolute atomic E-state index is 0.0125. The highest BCUT2D eigenvalue weighted by Gasteiger charge is 2.19. The Kier molecular flexibility index (Phi) is 6.08. The molecule has 2 aromatic heterocycles. The van der Waals surface area contributed by atoms with Crippen LogP contribution >= 0.6 is 0 Å². The normalized spacial score (nSPS) is 12.6. The van der Waals surface area contributed by atoms with Crippen LogP contribution in [0.3, 0.4) is 0 Å². The highest BCUT2D eigenvalue weighted by Crippen LogP contribution is 2.10. The summed E-state index contributed by atoms with van der Waals surface area (Å²) in [5.74, 6) is 0.918. The minimum Gasteiger partial charge on any atom is -0.380 e. The second kappa shape index (κ2) is 8.05. The first-order chi connectivity index (χ1) is 11.4. The van der Waals surface area contributed by atoms with Gasteiger partial charge in [-0.1, -0.05) is 24.2 Å². The van der Waals surface area contributed by atoms with Crippen molar-refractivity contribution in [2.45, 2.75) is 46.8 Å². The average molecular weight is 335 g/mol. The number of methoxy groups -OCH3 is 1. The lowest BCUT2D eigenvalue weighted by Crippen LogP contribution is -2.34. The van der Waals surface area contributed by atoms with Gasteiger partial charge in [-0.2, -0.15) is 0 Å². The quantitative estimate of drug-likeness (QED) is 0.789. The van der Waals surface area contributed by atoms with Crippen LogP contribution in [0.5, 0.6) is 0 Å². The number of aromatic nitrogens is 4. The van der Waals surface area contributed by atoms with Gasteiger partial charge in [0.2, 0.25) is 0 Å². The molecule has 0 saturated carbocycles. The summed E-state index contributed by atoms with van der Waals surface area (Å²) in [5, 5.41) is 14.7. The fourth-order valence-corrected chi connectivity index (χ4v) is 2.44. The van der Waals surface area contributed by atoms with E-state index in [0.717, 1.165) is 12.1 Å². The summed E-state index contributed by atoms with van der Waals surface area (Å²) in [6, 6.07) is 1.83. The topological polar surface area (TPSA) is 95.1 Å². The molecule has 0 aliphatic carbocycles. The SMILES string of the molecule is CO[C@H](CNC(=O)c1nnn(Cc2cc(C)no2)c1C)CC(C)C. The maximum absolute atomic E-state index is 12.3. The predicted molar refractivity (Wildman–Crippen MR) is 87.7 cm³/mol. The molecule has 1 N–H and O–H groups in total. The fraction of sp³-hybridized carbons (Fsp3) is 0.625. The number of nitrogens with one attached hydrogen (secondary N) is 1. The molecule has 1 atom stereocenters. The number of nitrogens with zero attached hydrogens (tertiary/aromatic N) is 4. The molecule has 8 heteroatoms. The van der Waals surface area contributed by atoms with Crippen molar-refractivity contribution in [3.8, 4) is 0 Å². The lowest BCUT2D eigenvalue weighted by molar-refractivity contribution is 0.0738. The number of rotatable bonds is 8. The molecule has 0 aliphatic rings. The van der Waals surface area contributed by atoms with E-state index in [0.29, 0.717) is 36.2 Å². The van der Waals surface area contributed by atoms with Crippen molar-refractivity contribution in [3.05, 3.63) is 28.9 Å². The zero-order valence-corrected chi connectivity index (χ0v) is 14.9. The molecule has 2 heterocycles. The zero-order valence-electron chi connectivity index (χ0n) is 14.9. The van der Waals surface area contributed by atoms with E-state index in [2.05, 4.69) is 34.6 Å². The largest absolute Gasteiger partial charge is 0.380 e. The third-order valence-electron chi connectivity index (χ3n) is 3.74. The Labute approximate surface area is 141 Å². The van der Waals surface area contributed by atoms with Crippen LogP contribution in [0, 0.1) is 19.8 Å². The average Bonchev–Trinajstić information content (AvgIpc) is 3.10. The minimum atomic E-state index is -0.252. The third kappa shape index (κ3) is 4.64. The Hall–Kier alpha value is -2.22. The molecule has 2 rings (SSSR count). The molecular weight excluding hydrogens is 310 g/mol. The van der Waals surface area contributed by atoms with E-state index in [4.69, 9.17) is 9.26 Å². The molecule has 132 valence electrons. The van der Waals surface area contributed by atoms with E-state index >= 15 is 0 Å². The van der Waals surface area contributed by atoms with E-state index in [9.17, 15) is 4.79 Å². The second-order valence-electron chi connectivity index (χ2n) is 6.31. The molecule has 0 aromatic carbocycles. The van der Waals surface area contributed by atoms with E-state index in [1.807, 2.05) is 13.0 Å². The Balaban J connectivity index is 1.97. The van der Waals surface area contributed by atoms with Gasteiger partial charge in [-0.3, -0.25) is 4.79 Å². The molecule has 0 unspecified atom stereocenters. The standard InChI is InChI=1S/C16H25N5O3/c1-10(2)6-13(23-5)8-17-16(22)15-12(4)21(20-18-15)9-14-7-11(3)19-24-14/h7,10,13H,6,8-9H2,1-5H3,(H,17,22)/t13-/m0/s1. The third-order valence-corrected chi connectivity index (χ3v) is 3.74.